The zero-order valence-electron chi connectivity index (χ0n) is 10.8. The summed E-state index contributed by atoms with van der Waals surface area (Å²) < 4.78 is 30.7. The molecule has 0 saturated carbocycles. The van der Waals surface area contributed by atoms with E-state index in [1.54, 1.807) is 0 Å². The first-order valence-electron chi connectivity index (χ1n) is 6.17. The summed E-state index contributed by atoms with van der Waals surface area (Å²) in [5, 5.41) is 0. The van der Waals surface area contributed by atoms with Crippen LogP contribution in [0.15, 0.2) is 4.99 Å². The Kier molecular flexibility index (Phi) is 5.95. The van der Waals surface area contributed by atoms with Gasteiger partial charge in [-0.15, -0.1) is 0 Å². The maximum Gasteiger partial charge on any atom is 0.236 e. The first-order chi connectivity index (χ1) is 8.53. The van der Waals surface area contributed by atoms with Gasteiger partial charge in [-0.3, -0.25) is 0 Å². The number of rotatable bonds is 6. The van der Waals surface area contributed by atoms with Crippen molar-refractivity contribution in [3.05, 3.63) is 0 Å². The largest absolute Gasteiger partial charge is 0.381 e. The molecule has 0 aliphatic carbocycles. The molecule has 0 radical (unpaired) electrons. The van der Waals surface area contributed by atoms with Gasteiger partial charge in [0.25, 0.3) is 0 Å². The zero-order chi connectivity index (χ0) is 13.6. The van der Waals surface area contributed by atoms with Gasteiger partial charge in [0.15, 0.2) is 0 Å². The number of ether oxygens (including phenoxy) is 1. The third kappa shape index (κ3) is 3.88. The summed E-state index contributed by atoms with van der Waals surface area (Å²) in [5.41, 5.74) is 0. The van der Waals surface area contributed by atoms with Gasteiger partial charge in [0.05, 0.1) is 12.4 Å². The fourth-order valence-corrected chi connectivity index (χ4v) is 3.66. The maximum atomic E-state index is 12.1. The summed E-state index contributed by atoms with van der Waals surface area (Å²) in [6, 6.07) is 0. The number of aliphatic imine (C=N–C) groups is 1. The summed E-state index contributed by atoms with van der Waals surface area (Å²) in [7, 11) is -3.42. The third-order valence-electron chi connectivity index (χ3n) is 3.07. The van der Waals surface area contributed by atoms with Crippen LogP contribution in [0, 0.1) is 5.92 Å². The van der Waals surface area contributed by atoms with E-state index in [2.05, 4.69) is 4.99 Å². The van der Waals surface area contributed by atoms with Gasteiger partial charge in [-0.05, 0) is 25.7 Å². The molecule has 2 atom stereocenters. The Morgan fingerprint density at radius 3 is 2.83 bits per heavy atom. The van der Waals surface area contributed by atoms with Crippen molar-refractivity contribution in [2.75, 3.05) is 25.5 Å². The van der Waals surface area contributed by atoms with Crippen LogP contribution < -0.4 is 0 Å². The number of sulfonamides is 1. The second kappa shape index (κ2) is 6.99. The van der Waals surface area contributed by atoms with Crippen LogP contribution in [-0.2, 0) is 19.6 Å². The van der Waals surface area contributed by atoms with Crippen LogP contribution >= 0.6 is 0 Å². The highest BCUT2D eigenvalue weighted by molar-refractivity contribution is 7.89. The summed E-state index contributed by atoms with van der Waals surface area (Å²) in [6.07, 6.45) is 2.53. The lowest BCUT2D eigenvalue weighted by Gasteiger charge is -2.35. The number of isocyanates is 1. The van der Waals surface area contributed by atoms with Gasteiger partial charge < -0.3 is 4.74 Å². The average Bonchev–Trinajstić information content (AvgIpc) is 2.32. The predicted octanol–water partition coefficient (Wildman–Crippen LogP) is 0.746. The number of hydrogen-bond acceptors (Lipinski definition) is 5. The first-order valence-corrected chi connectivity index (χ1v) is 7.78. The molecule has 7 heteroatoms. The molecule has 0 N–H and O–H groups in total. The van der Waals surface area contributed by atoms with Crippen molar-refractivity contribution in [2.24, 2.45) is 10.9 Å². The highest BCUT2D eigenvalue weighted by atomic mass is 32.2. The monoisotopic (exact) mass is 276 g/mol. The van der Waals surface area contributed by atoms with Gasteiger partial charge in [-0.1, -0.05) is 6.92 Å². The lowest BCUT2D eigenvalue weighted by atomic mass is 9.98. The van der Waals surface area contributed by atoms with E-state index in [1.807, 2.05) is 13.8 Å². The van der Waals surface area contributed by atoms with Crippen molar-refractivity contribution in [1.29, 1.82) is 0 Å². The highest BCUT2D eigenvalue weighted by Crippen LogP contribution is 2.26. The SMILES string of the molecule is CCOCCS(=O)(=O)N1CCCC(C)C1N=C=O. The first kappa shape index (κ1) is 15.3. The van der Waals surface area contributed by atoms with E-state index in [9.17, 15) is 13.2 Å². The Hall–Kier alpha value is -0.750. The minimum atomic E-state index is -3.42. The molecule has 0 spiro atoms. The Morgan fingerprint density at radius 1 is 1.50 bits per heavy atom. The summed E-state index contributed by atoms with van der Waals surface area (Å²) in [6.45, 7) is 4.78. The van der Waals surface area contributed by atoms with Crippen LogP contribution in [0.2, 0.25) is 0 Å². The minimum absolute atomic E-state index is 0.0436. The Labute approximate surface area is 108 Å². The molecular formula is C11H20N2O4S. The van der Waals surface area contributed by atoms with Crippen LogP contribution in [0.1, 0.15) is 26.7 Å². The Bertz CT molecular complexity index is 403. The molecule has 0 bridgehead atoms. The van der Waals surface area contributed by atoms with Crippen LogP contribution in [0.4, 0.5) is 0 Å². The lowest BCUT2D eigenvalue weighted by molar-refractivity contribution is 0.158. The standard InChI is InChI=1S/C11H20N2O4S/c1-3-17-7-8-18(15,16)13-6-4-5-10(2)11(13)12-9-14/h10-11H,3-8H2,1-2H3. The van der Waals surface area contributed by atoms with Gasteiger partial charge in [0.1, 0.15) is 6.17 Å². The van der Waals surface area contributed by atoms with E-state index in [4.69, 9.17) is 4.74 Å². The molecule has 18 heavy (non-hydrogen) atoms. The summed E-state index contributed by atoms with van der Waals surface area (Å²) >= 11 is 0. The Balaban J connectivity index is 2.79. The van der Waals surface area contributed by atoms with Crippen molar-refractivity contribution in [2.45, 2.75) is 32.9 Å². The van der Waals surface area contributed by atoms with Crippen molar-refractivity contribution < 1.29 is 17.9 Å². The van der Waals surface area contributed by atoms with Gasteiger partial charge in [-0.2, -0.15) is 9.30 Å². The van der Waals surface area contributed by atoms with Crippen molar-refractivity contribution in [3.63, 3.8) is 0 Å². The molecule has 0 aromatic carbocycles. The van der Waals surface area contributed by atoms with E-state index in [-0.39, 0.29) is 18.3 Å². The molecule has 0 amide bonds. The summed E-state index contributed by atoms with van der Waals surface area (Å²) in [4.78, 5) is 14.1. The number of nitrogens with zero attached hydrogens (tertiary/aromatic N) is 2. The summed E-state index contributed by atoms with van der Waals surface area (Å²) in [5.74, 6) is -0.0274. The molecular weight excluding hydrogens is 256 g/mol. The fraction of sp³-hybridized carbons (Fsp3) is 0.909. The van der Waals surface area contributed by atoms with Crippen molar-refractivity contribution >= 4 is 16.1 Å². The number of piperidine rings is 1. The molecule has 1 rings (SSSR count). The van der Waals surface area contributed by atoms with E-state index < -0.39 is 16.2 Å². The van der Waals surface area contributed by atoms with Gasteiger partial charge in [0, 0.05) is 13.2 Å². The molecule has 1 aliphatic rings. The predicted molar refractivity (Wildman–Crippen MR) is 67.3 cm³/mol. The zero-order valence-corrected chi connectivity index (χ0v) is 11.6. The second-order valence-electron chi connectivity index (χ2n) is 4.38. The lowest BCUT2D eigenvalue weighted by Crippen LogP contribution is -2.47. The normalized spacial score (nSPS) is 25.7. The smallest absolute Gasteiger partial charge is 0.236 e. The minimum Gasteiger partial charge on any atom is -0.381 e. The highest BCUT2D eigenvalue weighted by Gasteiger charge is 2.36. The molecule has 1 fully saturated rings. The average molecular weight is 276 g/mol. The van der Waals surface area contributed by atoms with Gasteiger partial charge in [-0.25, -0.2) is 13.2 Å². The van der Waals surface area contributed by atoms with E-state index in [0.29, 0.717) is 13.2 Å². The van der Waals surface area contributed by atoms with Crippen molar-refractivity contribution in [1.82, 2.24) is 4.31 Å². The molecule has 0 aromatic rings. The quantitative estimate of drug-likeness (QED) is 0.407. The van der Waals surface area contributed by atoms with E-state index >= 15 is 0 Å². The maximum absolute atomic E-state index is 12.1. The van der Waals surface area contributed by atoms with E-state index in [0.717, 1.165) is 12.8 Å². The van der Waals surface area contributed by atoms with Crippen LogP contribution in [0.3, 0.4) is 0 Å². The van der Waals surface area contributed by atoms with Gasteiger partial charge in [0.2, 0.25) is 16.1 Å². The molecule has 104 valence electrons. The topological polar surface area (TPSA) is 76.0 Å². The van der Waals surface area contributed by atoms with Crippen LogP contribution in [-0.4, -0.2) is 50.5 Å². The van der Waals surface area contributed by atoms with Gasteiger partial charge >= 0.3 is 0 Å². The Morgan fingerprint density at radius 2 is 2.22 bits per heavy atom. The number of carbonyl (C=O) groups excluding carboxylic acids is 1. The molecule has 0 aromatic heterocycles. The fourth-order valence-electron chi connectivity index (χ4n) is 2.11. The third-order valence-corrected chi connectivity index (χ3v) is 4.87. The van der Waals surface area contributed by atoms with Crippen LogP contribution in [0.25, 0.3) is 0 Å². The molecule has 6 nitrogen and oxygen atoms in total. The van der Waals surface area contributed by atoms with Crippen LogP contribution in [0.5, 0.6) is 0 Å². The molecule has 1 saturated heterocycles. The second-order valence-corrected chi connectivity index (χ2v) is 6.42. The molecule has 1 aliphatic heterocycles. The number of hydrogen-bond donors (Lipinski definition) is 0. The van der Waals surface area contributed by atoms with E-state index in [1.165, 1.54) is 10.4 Å². The molecule has 1 heterocycles. The van der Waals surface area contributed by atoms with Crippen molar-refractivity contribution in [3.8, 4) is 0 Å². The molecule has 2 unspecified atom stereocenters.